The van der Waals surface area contributed by atoms with Crippen LogP contribution in [-0.4, -0.2) is 19.1 Å². The highest BCUT2D eigenvalue weighted by molar-refractivity contribution is 6.31. The van der Waals surface area contributed by atoms with E-state index in [1.165, 1.54) is 4.90 Å². The van der Waals surface area contributed by atoms with Crippen LogP contribution < -0.4 is 16.0 Å². The second kappa shape index (κ2) is 4.22. The van der Waals surface area contributed by atoms with Crippen molar-refractivity contribution >= 4 is 29.0 Å². The van der Waals surface area contributed by atoms with Gasteiger partial charge in [-0.15, -0.1) is 0 Å². The summed E-state index contributed by atoms with van der Waals surface area (Å²) in [5, 5.41) is 3.45. The summed E-state index contributed by atoms with van der Waals surface area (Å²) in [5.74, 6) is 0. The van der Waals surface area contributed by atoms with Crippen molar-refractivity contribution in [1.29, 1.82) is 0 Å². The van der Waals surface area contributed by atoms with E-state index in [1.54, 1.807) is 25.2 Å². The summed E-state index contributed by atoms with van der Waals surface area (Å²) in [6.45, 7) is 0. The van der Waals surface area contributed by atoms with Gasteiger partial charge in [0.15, 0.2) is 0 Å². The van der Waals surface area contributed by atoms with Gasteiger partial charge in [0, 0.05) is 18.1 Å². The molecule has 2 rings (SSSR count). The van der Waals surface area contributed by atoms with E-state index in [2.05, 4.69) is 5.32 Å². The minimum absolute atomic E-state index is 0.142. The van der Waals surface area contributed by atoms with Gasteiger partial charge in [0.05, 0.1) is 11.4 Å². The van der Waals surface area contributed by atoms with Crippen molar-refractivity contribution in [3.05, 3.63) is 23.2 Å². The molecule has 86 valence electrons. The zero-order chi connectivity index (χ0) is 11.7. The SMILES string of the molecule is CN(C(=O)NC1CC1)c1cc(Cl)ccc1N. The molecule has 0 aromatic heterocycles. The van der Waals surface area contributed by atoms with E-state index in [1.807, 2.05) is 0 Å². The molecule has 2 amide bonds. The number of urea groups is 1. The molecule has 1 fully saturated rings. The van der Waals surface area contributed by atoms with Crippen molar-refractivity contribution in [3.8, 4) is 0 Å². The standard InChI is InChI=1S/C11H14ClN3O/c1-15(11(16)14-8-3-4-8)10-6-7(12)2-5-9(10)13/h2,5-6,8H,3-4,13H2,1H3,(H,14,16). The van der Waals surface area contributed by atoms with Crippen LogP contribution in [-0.2, 0) is 0 Å². The van der Waals surface area contributed by atoms with Crippen molar-refractivity contribution in [2.24, 2.45) is 0 Å². The fourth-order valence-electron chi connectivity index (χ4n) is 1.42. The van der Waals surface area contributed by atoms with E-state index in [9.17, 15) is 4.79 Å². The fourth-order valence-corrected chi connectivity index (χ4v) is 1.58. The molecule has 16 heavy (non-hydrogen) atoms. The highest BCUT2D eigenvalue weighted by atomic mass is 35.5. The first-order valence-electron chi connectivity index (χ1n) is 5.17. The van der Waals surface area contributed by atoms with Gasteiger partial charge in [-0.05, 0) is 31.0 Å². The Morgan fingerprint density at radius 3 is 2.88 bits per heavy atom. The Hall–Kier alpha value is -1.42. The third-order valence-corrected chi connectivity index (χ3v) is 2.80. The quantitative estimate of drug-likeness (QED) is 0.778. The number of nitrogen functional groups attached to an aromatic ring is 1. The molecule has 5 heteroatoms. The molecule has 0 radical (unpaired) electrons. The van der Waals surface area contributed by atoms with Gasteiger partial charge in [0.1, 0.15) is 0 Å². The third kappa shape index (κ3) is 2.39. The van der Waals surface area contributed by atoms with Crippen LogP contribution in [0.2, 0.25) is 5.02 Å². The lowest BCUT2D eigenvalue weighted by Crippen LogP contribution is -2.38. The van der Waals surface area contributed by atoms with Crippen molar-refractivity contribution in [3.63, 3.8) is 0 Å². The van der Waals surface area contributed by atoms with Gasteiger partial charge in [-0.1, -0.05) is 11.6 Å². The number of carbonyl (C=O) groups excluding carboxylic acids is 1. The fraction of sp³-hybridized carbons (Fsp3) is 0.364. The van der Waals surface area contributed by atoms with Crippen LogP contribution in [0.1, 0.15) is 12.8 Å². The lowest BCUT2D eigenvalue weighted by atomic mass is 10.2. The van der Waals surface area contributed by atoms with Crippen LogP contribution in [0.15, 0.2) is 18.2 Å². The molecule has 1 saturated carbocycles. The number of nitrogens with one attached hydrogen (secondary N) is 1. The molecule has 1 aliphatic rings. The van der Waals surface area contributed by atoms with Crippen molar-refractivity contribution in [2.75, 3.05) is 17.7 Å². The Bertz CT molecular complexity index is 418. The Morgan fingerprint density at radius 2 is 2.25 bits per heavy atom. The maximum absolute atomic E-state index is 11.8. The average molecular weight is 240 g/mol. The minimum Gasteiger partial charge on any atom is -0.397 e. The minimum atomic E-state index is -0.142. The Labute approximate surface area is 99.4 Å². The van der Waals surface area contributed by atoms with Gasteiger partial charge in [0.2, 0.25) is 0 Å². The second-order valence-corrected chi connectivity index (χ2v) is 4.42. The lowest BCUT2D eigenvalue weighted by Gasteiger charge is -2.19. The maximum Gasteiger partial charge on any atom is 0.321 e. The van der Waals surface area contributed by atoms with E-state index >= 15 is 0 Å². The average Bonchev–Trinajstić information content (AvgIpc) is 3.04. The van der Waals surface area contributed by atoms with Gasteiger partial charge in [-0.2, -0.15) is 0 Å². The molecule has 0 heterocycles. The molecule has 4 nitrogen and oxygen atoms in total. The van der Waals surface area contributed by atoms with Gasteiger partial charge >= 0.3 is 6.03 Å². The molecule has 0 aliphatic heterocycles. The summed E-state index contributed by atoms with van der Waals surface area (Å²) in [7, 11) is 1.68. The number of nitrogens with two attached hydrogens (primary N) is 1. The number of halogens is 1. The van der Waals surface area contributed by atoms with Crippen molar-refractivity contribution in [2.45, 2.75) is 18.9 Å². The number of carbonyl (C=O) groups is 1. The Balaban J connectivity index is 2.14. The van der Waals surface area contributed by atoms with Crippen LogP contribution in [0.3, 0.4) is 0 Å². The molecular formula is C11H14ClN3O. The zero-order valence-corrected chi connectivity index (χ0v) is 9.79. The summed E-state index contributed by atoms with van der Waals surface area (Å²) in [5.41, 5.74) is 6.96. The van der Waals surface area contributed by atoms with Crippen LogP contribution in [0, 0.1) is 0 Å². The summed E-state index contributed by atoms with van der Waals surface area (Å²) in [6, 6.07) is 5.27. The van der Waals surface area contributed by atoms with Crippen LogP contribution in [0.4, 0.5) is 16.2 Å². The van der Waals surface area contributed by atoms with Gasteiger partial charge in [-0.25, -0.2) is 4.79 Å². The molecule has 1 aromatic rings. The van der Waals surface area contributed by atoms with Crippen molar-refractivity contribution in [1.82, 2.24) is 5.32 Å². The smallest absolute Gasteiger partial charge is 0.321 e. The molecule has 0 atom stereocenters. The third-order valence-electron chi connectivity index (χ3n) is 2.56. The lowest BCUT2D eigenvalue weighted by molar-refractivity contribution is 0.247. The summed E-state index contributed by atoms with van der Waals surface area (Å²) in [6.07, 6.45) is 2.12. The first kappa shape index (κ1) is 11.1. The topological polar surface area (TPSA) is 58.4 Å². The van der Waals surface area contributed by atoms with E-state index < -0.39 is 0 Å². The van der Waals surface area contributed by atoms with Crippen LogP contribution >= 0.6 is 11.6 Å². The molecule has 1 aromatic carbocycles. The normalized spacial score (nSPS) is 14.6. The number of rotatable bonds is 2. The van der Waals surface area contributed by atoms with Gasteiger partial charge in [0.25, 0.3) is 0 Å². The number of hydrogen-bond donors (Lipinski definition) is 2. The van der Waals surface area contributed by atoms with E-state index in [-0.39, 0.29) is 6.03 Å². The van der Waals surface area contributed by atoms with Gasteiger partial charge < -0.3 is 11.1 Å². The Kier molecular flexibility index (Phi) is 2.92. The number of nitrogens with zero attached hydrogens (tertiary/aromatic N) is 1. The largest absolute Gasteiger partial charge is 0.397 e. The molecule has 1 aliphatic carbocycles. The second-order valence-electron chi connectivity index (χ2n) is 3.99. The predicted octanol–water partition coefficient (Wildman–Crippen LogP) is 2.23. The summed E-state index contributed by atoms with van der Waals surface area (Å²) in [4.78, 5) is 13.3. The highest BCUT2D eigenvalue weighted by Crippen LogP contribution is 2.27. The van der Waals surface area contributed by atoms with Crippen LogP contribution in [0.25, 0.3) is 0 Å². The maximum atomic E-state index is 11.8. The van der Waals surface area contributed by atoms with E-state index in [0.717, 1.165) is 12.8 Å². The molecular weight excluding hydrogens is 226 g/mol. The summed E-state index contributed by atoms with van der Waals surface area (Å²) >= 11 is 5.87. The molecule has 0 saturated heterocycles. The molecule has 0 bridgehead atoms. The first-order chi connectivity index (χ1) is 7.58. The highest BCUT2D eigenvalue weighted by Gasteiger charge is 2.25. The zero-order valence-electron chi connectivity index (χ0n) is 9.03. The predicted molar refractivity (Wildman–Crippen MR) is 65.8 cm³/mol. The monoisotopic (exact) mass is 239 g/mol. The van der Waals surface area contributed by atoms with E-state index in [0.29, 0.717) is 22.4 Å². The molecule has 3 N–H and O–H groups in total. The number of hydrogen-bond acceptors (Lipinski definition) is 2. The van der Waals surface area contributed by atoms with Crippen molar-refractivity contribution < 1.29 is 4.79 Å². The number of anilines is 2. The summed E-state index contributed by atoms with van der Waals surface area (Å²) < 4.78 is 0. The Morgan fingerprint density at radius 1 is 1.56 bits per heavy atom. The van der Waals surface area contributed by atoms with E-state index in [4.69, 9.17) is 17.3 Å². The molecule has 0 spiro atoms. The number of benzene rings is 1. The molecule has 0 unspecified atom stereocenters. The van der Waals surface area contributed by atoms with Crippen LogP contribution in [0.5, 0.6) is 0 Å². The first-order valence-corrected chi connectivity index (χ1v) is 5.55. The number of amides is 2. The van der Waals surface area contributed by atoms with Gasteiger partial charge in [-0.3, -0.25) is 4.90 Å².